The lowest BCUT2D eigenvalue weighted by atomic mass is 10.1. The number of nitrogens with one attached hydrogen (secondary N) is 1. The summed E-state index contributed by atoms with van der Waals surface area (Å²) in [7, 11) is 0. The van der Waals surface area contributed by atoms with Crippen molar-refractivity contribution in [3.05, 3.63) is 65.7 Å². The third-order valence-electron chi connectivity index (χ3n) is 4.82. The van der Waals surface area contributed by atoms with E-state index in [2.05, 4.69) is 22.0 Å². The smallest absolute Gasteiger partial charge is 0.271 e. The SMILES string of the molecule is C=CCc1cc(/C=N\NC(=O)c2ccc(N3CCCC3)cc2)cc(OCC)c1O. The van der Waals surface area contributed by atoms with Crippen molar-refractivity contribution in [1.82, 2.24) is 5.43 Å². The van der Waals surface area contributed by atoms with Gasteiger partial charge >= 0.3 is 0 Å². The van der Waals surface area contributed by atoms with Gasteiger partial charge in [-0.25, -0.2) is 5.43 Å². The molecule has 1 amide bonds. The van der Waals surface area contributed by atoms with Crippen LogP contribution in [0.2, 0.25) is 0 Å². The van der Waals surface area contributed by atoms with E-state index in [-0.39, 0.29) is 11.7 Å². The number of hydrogen-bond donors (Lipinski definition) is 2. The van der Waals surface area contributed by atoms with Gasteiger partial charge in [-0.15, -0.1) is 6.58 Å². The molecule has 0 aromatic heterocycles. The highest BCUT2D eigenvalue weighted by Crippen LogP contribution is 2.32. The van der Waals surface area contributed by atoms with Gasteiger partial charge in [-0.3, -0.25) is 4.79 Å². The molecule has 6 heteroatoms. The van der Waals surface area contributed by atoms with Crippen LogP contribution in [0.4, 0.5) is 5.69 Å². The van der Waals surface area contributed by atoms with Crippen LogP contribution in [0.15, 0.2) is 54.2 Å². The molecule has 0 unspecified atom stereocenters. The fraction of sp³-hybridized carbons (Fsp3) is 0.304. The van der Waals surface area contributed by atoms with Gasteiger partial charge in [0.2, 0.25) is 0 Å². The van der Waals surface area contributed by atoms with E-state index in [1.807, 2.05) is 31.2 Å². The second-order valence-electron chi connectivity index (χ2n) is 6.89. The number of carbonyl (C=O) groups is 1. The molecule has 2 aromatic carbocycles. The summed E-state index contributed by atoms with van der Waals surface area (Å²) in [6, 6.07) is 11.1. The molecule has 6 nitrogen and oxygen atoms in total. The number of anilines is 1. The van der Waals surface area contributed by atoms with Crippen molar-refractivity contribution in [2.24, 2.45) is 5.10 Å². The van der Waals surface area contributed by atoms with Crippen molar-refractivity contribution < 1.29 is 14.6 Å². The van der Waals surface area contributed by atoms with Gasteiger partial charge in [0.25, 0.3) is 5.91 Å². The van der Waals surface area contributed by atoms with Gasteiger partial charge in [-0.1, -0.05) is 6.08 Å². The molecule has 1 aliphatic rings. The molecule has 29 heavy (non-hydrogen) atoms. The van der Waals surface area contributed by atoms with Crippen LogP contribution >= 0.6 is 0 Å². The first-order chi connectivity index (χ1) is 14.1. The topological polar surface area (TPSA) is 74.2 Å². The van der Waals surface area contributed by atoms with Crippen molar-refractivity contribution in [1.29, 1.82) is 0 Å². The van der Waals surface area contributed by atoms with Gasteiger partial charge in [0.1, 0.15) is 0 Å². The molecule has 0 spiro atoms. The summed E-state index contributed by atoms with van der Waals surface area (Å²) in [6.45, 7) is 8.13. The molecule has 0 bridgehead atoms. The van der Waals surface area contributed by atoms with E-state index in [9.17, 15) is 9.90 Å². The Kier molecular flexibility index (Phi) is 6.89. The lowest BCUT2D eigenvalue weighted by Gasteiger charge is -2.17. The van der Waals surface area contributed by atoms with Crippen molar-refractivity contribution in [2.45, 2.75) is 26.2 Å². The maximum atomic E-state index is 12.3. The highest BCUT2D eigenvalue weighted by molar-refractivity contribution is 5.95. The molecule has 1 saturated heterocycles. The Morgan fingerprint density at radius 3 is 2.66 bits per heavy atom. The monoisotopic (exact) mass is 393 g/mol. The average Bonchev–Trinajstić information content (AvgIpc) is 3.26. The van der Waals surface area contributed by atoms with Crippen LogP contribution in [-0.4, -0.2) is 36.9 Å². The largest absolute Gasteiger partial charge is 0.504 e. The van der Waals surface area contributed by atoms with E-state index in [0.29, 0.717) is 35.5 Å². The van der Waals surface area contributed by atoms with Crippen molar-refractivity contribution >= 4 is 17.8 Å². The summed E-state index contributed by atoms with van der Waals surface area (Å²) in [5, 5.41) is 14.3. The van der Waals surface area contributed by atoms with E-state index in [0.717, 1.165) is 18.8 Å². The first kappa shape index (κ1) is 20.5. The zero-order valence-electron chi connectivity index (χ0n) is 16.7. The zero-order valence-corrected chi connectivity index (χ0v) is 16.7. The molecule has 0 aliphatic carbocycles. The number of benzene rings is 2. The number of phenolic OH excluding ortho intramolecular Hbond substituents is 1. The van der Waals surface area contributed by atoms with Crippen LogP contribution in [0.5, 0.6) is 11.5 Å². The lowest BCUT2D eigenvalue weighted by Crippen LogP contribution is -2.19. The van der Waals surface area contributed by atoms with Gasteiger partial charge in [0.05, 0.1) is 12.8 Å². The highest BCUT2D eigenvalue weighted by Gasteiger charge is 2.13. The molecular formula is C23H27N3O3. The van der Waals surface area contributed by atoms with Crippen LogP contribution in [0.1, 0.15) is 41.3 Å². The Labute approximate surface area is 171 Å². The van der Waals surface area contributed by atoms with E-state index >= 15 is 0 Å². The lowest BCUT2D eigenvalue weighted by molar-refractivity contribution is 0.0955. The average molecular weight is 393 g/mol. The molecule has 3 rings (SSSR count). The summed E-state index contributed by atoms with van der Waals surface area (Å²) in [5.41, 5.74) is 5.65. The van der Waals surface area contributed by atoms with E-state index < -0.39 is 0 Å². The van der Waals surface area contributed by atoms with Gasteiger partial charge < -0.3 is 14.7 Å². The molecule has 2 aromatic rings. The Balaban J connectivity index is 1.66. The molecule has 1 aliphatic heterocycles. The molecule has 0 radical (unpaired) electrons. The summed E-state index contributed by atoms with van der Waals surface area (Å²) < 4.78 is 5.48. The van der Waals surface area contributed by atoms with E-state index in [1.165, 1.54) is 19.1 Å². The summed E-state index contributed by atoms with van der Waals surface area (Å²) in [5.74, 6) is 0.215. The second-order valence-corrected chi connectivity index (χ2v) is 6.89. The number of nitrogens with zero attached hydrogens (tertiary/aromatic N) is 2. The first-order valence-corrected chi connectivity index (χ1v) is 9.90. The predicted octanol–water partition coefficient (Wildman–Crippen LogP) is 3.88. The third kappa shape index (κ3) is 5.16. The fourth-order valence-electron chi connectivity index (χ4n) is 3.37. The Morgan fingerprint density at radius 2 is 2.00 bits per heavy atom. The molecular weight excluding hydrogens is 366 g/mol. The van der Waals surface area contributed by atoms with Crippen LogP contribution in [0.3, 0.4) is 0 Å². The second kappa shape index (κ2) is 9.78. The van der Waals surface area contributed by atoms with Gasteiger partial charge in [0.15, 0.2) is 11.5 Å². The molecule has 0 atom stereocenters. The number of phenols is 1. The van der Waals surface area contributed by atoms with E-state index in [1.54, 1.807) is 18.2 Å². The number of hydrogen-bond acceptors (Lipinski definition) is 5. The third-order valence-corrected chi connectivity index (χ3v) is 4.82. The van der Waals surface area contributed by atoms with Crippen LogP contribution in [0, 0.1) is 0 Å². The highest BCUT2D eigenvalue weighted by atomic mass is 16.5. The van der Waals surface area contributed by atoms with Crippen LogP contribution in [0.25, 0.3) is 0 Å². The Morgan fingerprint density at radius 1 is 1.28 bits per heavy atom. The number of ether oxygens (including phenoxy) is 1. The Bertz CT molecular complexity index is 885. The maximum Gasteiger partial charge on any atom is 0.271 e. The van der Waals surface area contributed by atoms with Crippen molar-refractivity contribution in [3.8, 4) is 11.5 Å². The summed E-state index contributed by atoms with van der Waals surface area (Å²) in [4.78, 5) is 14.7. The molecule has 0 saturated carbocycles. The number of carbonyl (C=O) groups excluding carboxylic acids is 1. The van der Waals surface area contributed by atoms with Crippen LogP contribution < -0.4 is 15.1 Å². The molecule has 152 valence electrons. The number of aromatic hydroxyl groups is 1. The summed E-state index contributed by atoms with van der Waals surface area (Å²) >= 11 is 0. The normalized spacial score (nSPS) is 13.6. The van der Waals surface area contributed by atoms with Gasteiger partial charge in [-0.05, 0) is 68.1 Å². The summed E-state index contributed by atoms with van der Waals surface area (Å²) in [6.07, 6.45) is 6.18. The first-order valence-electron chi connectivity index (χ1n) is 9.90. The number of hydrazone groups is 1. The standard InChI is InChI=1S/C23H27N3O3/c1-3-7-19-14-17(15-21(22(19)27)29-4-2)16-24-25-23(28)18-8-10-20(11-9-18)26-12-5-6-13-26/h3,8-11,14-16,27H,1,4-7,12-13H2,2H3,(H,25,28)/b24-16-. The van der Waals surface area contributed by atoms with E-state index in [4.69, 9.17) is 4.74 Å². The van der Waals surface area contributed by atoms with Gasteiger partial charge in [0, 0.05) is 29.9 Å². The molecule has 1 fully saturated rings. The minimum atomic E-state index is -0.274. The minimum absolute atomic E-state index is 0.103. The molecule has 2 N–H and O–H groups in total. The van der Waals surface area contributed by atoms with Gasteiger partial charge in [-0.2, -0.15) is 5.10 Å². The quantitative estimate of drug-likeness (QED) is 0.405. The minimum Gasteiger partial charge on any atom is -0.504 e. The number of rotatable bonds is 8. The number of allylic oxidation sites excluding steroid dienone is 1. The zero-order chi connectivity index (χ0) is 20.6. The van der Waals surface area contributed by atoms with Crippen LogP contribution in [-0.2, 0) is 6.42 Å². The van der Waals surface area contributed by atoms with Crippen molar-refractivity contribution in [2.75, 3.05) is 24.6 Å². The predicted molar refractivity (Wildman–Crippen MR) is 116 cm³/mol. The van der Waals surface area contributed by atoms with Crippen molar-refractivity contribution in [3.63, 3.8) is 0 Å². The number of amides is 1. The molecule has 1 heterocycles. The fourth-order valence-corrected chi connectivity index (χ4v) is 3.37. The Hall–Kier alpha value is -3.28. The maximum absolute atomic E-state index is 12.3.